The van der Waals surface area contributed by atoms with Crippen LogP contribution in [0.2, 0.25) is 5.02 Å². The molecular weight excluding hydrogens is 366 g/mol. The highest BCUT2D eigenvalue weighted by molar-refractivity contribution is 6.30. The summed E-state index contributed by atoms with van der Waals surface area (Å²) in [4.78, 5) is 16.6. The maximum absolute atomic E-state index is 12.5. The van der Waals surface area contributed by atoms with Crippen LogP contribution in [0.5, 0.6) is 11.5 Å². The van der Waals surface area contributed by atoms with Crippen molar-refractivity contribution in [2.45, 2.75) is 0 Å². The minimum atomic E-state index is -0.272. The molecule has 27 heavy (non-hydrogen) atoms. The third kappa shape index (κ3) is 4.68. The Hall–Kier alpha value is -3.25. The monoisotopic (exact) mass is 383 g/mol. The molecule has 0 aliphatic heterocycles. The van der Waals surface area contributed by atoms with Crippen LogP contribution in [0.4, 0.5) is 17.1 Å². The number of carbonyl (C=O) groups excluding carboxylic acids is 1. The van der Waals surface area contributed by atoms with E-state index >= 15 is 0 Å². The molecule has 0 saturated heterocycles. The van der Waals surface area contributed by atoms with Crippen LogP contribution in [0.25, 0.3) is 0 Å². The number of ether oxygens (including phenoxy) is 2. The van der Waals surface area contributed by atoms with E-state index in [1.165, 1.54) is 6.20 Å². The maximum atomic E-state index is 12.5. The summed E-state index contributed by atoms with van der Waals surface area (Å²) in [5.41, 5.74) is 2.41. The van der Waals surface area contributed by atoms with Gasteiger partial charge in [-0.25, -0.2) is 0 Å². The lowest BCUT2D eigenvalue weighted by molar-refractivity contribution is 0.102. The van der Waals surface area contributed by atoms with Gasteiger partial charge in [0.1, 0.15) is 11.5 Å². The first kappa shape index (κ1) is 18.5. The molecule has 0 bridgehead atoms. The van der Waals surface area contributed by atoms with Gasteiger partial charge in [-0.3, -0.25) is 9.78 Å². The molecule has 0 aliphatic carbocycles. The number of amides is 1. The highest BCUT2D eigenvalue weighted by Gasteiger charge is 2.10. The quantitative estimate of drug-likeness (QED) is 0.642. The average Bonchev–Trinajstić information content (AvgIpc) is 2.70. The number of aromatic nitrogens is 1. The number of rotatable bonds is 6. The van der Waals surface area contributed by atoms with Crippen molar-refractivity contribution >= 4 is 34.6 Å². The molecule has 2 N–H and O–H groups in total. The van der Waals surface area contributed by atoms with Gasteiger partial charge in [-0.1, -0.05) is 11.6 Å². The first-order chi connectivity index (χ1) is 13.1. The number of pyridine rings is 1. The third-order valence-electron chi connectivity index (χ3n) is 3.79. The minimum Gasteiger partial charge on any atom is -0.497 e. The zero-order valence-corrected chi connectivity index (χ0v) is 15.6. The molecule has 138 valence electrons. The Morgan fingerprint density at radius 2 is 1.74 bits per heavy atom. The van der Waals surface area contributed by atoms with Crippen LogP contribution in [0, 0.1) is 0 Å². The van der Waals surface area contributed by atoms with E-state index in [0.717, 1.165) is 0 Å². The van der Waals surface area contributed by atoms with E-state index in [1.54, 1.807) is 68.9 Å². The second-order valence-corrected chi connectivity index (χ2v) is 6.05. The van der Waals surface area contributed by atoms with Gasteiger partial charge in [0.05, 0.1) is 37.4 Å². The largest absolute Gasteiger partial charge is 0.497 e. The third-order valence-corrected chi connectivity index (χ3v) is 4.04. The van der Waals surface area contributed by atoms with E-state index in [9.17, 15) is 4.79 Å². The standard InChI is InChI=1S/C20H18ClN3O3/c1-26-17-7-8-19(27-2)18(10-17)23-16-9-13(11-22-12-16)20(25)24-15-5-3-14(21)4-6-15/h3-12,23H,1-2H3,(H,24,25). The summed E-state index contributed by atoms with van der Waals surface area (Å²) in [6.07, 6.45) is 3.12. The Bertz CT molecular complexity index is 945. The number of hydrogen-bond donors (Lipinski definition) is 2. The second kappa shape index (κ2) is 8.42. The fraction of sp³-hybridized carbons (Fsp3) is 0.100. The predicted octanol–water partition coefficient (Wildman–Crippen LogP) is 4.75. The lowest BCUT2D eigenvalue weighted by Crippen LogP contribution is -2.12. The van der Waals surface area contributed by atoms with E-state index in [1.807, 2.05) is 0 Å². The summed E-state index contributed by atoms with van der Waals surface area (Å²) in [6, 6.07) is 14.0. The molecule has 3 aromatic rings. The fourth-order valence-corrected chi connectivity index (χ4v) is 2.56. The Morgan fingerprint density at radius 3 is 2.44 bits per heavy atom. The van der Waals surface area contributed by atoms with Crippen molar-refractivity contribution in [1.82, 2.24) is 4.98 Å². The first-order valence-corrected chi connectivity index (χ1v) is 8.48. The van der Waals surface area contributed by atoms with Crippen LogP contribution >= 0.6 is 11.6 Å². The average molecular weight is 384 g/mol. The molecule has 0 fully saturated rings. The second-order valence-electron chi connectivity index (χ2n) is 5.61. The zero-order chi connectivity index (χ0) is 19.2. The van der Waals surface area contributed by atoms with Crippen LogP contribution in [0.1, 0.15) is 10.4 Å². The van der Waals surface area contributed by atoms with Crippen molar-refractivity contribution in [3.63, 3.8) is 0 Å². The molecule has 7 heteroatoms. The van der Waals surface area contributed by atoms with Gasteiger partial charge in [0.25, 0.3) is 5.91 Å². The molecule has 0 unspecified atom stereocenters. The number of halogens is 1. The minimum absolute atomic E-state index is 0.272. The molecule has 3 rings (SSSR count). The number of benzene rings is 2. The molecule has 1 amide bonds. The van der Waals surface area contributed by atoms with Crippen molar-refractivity contribution in [2.24, 2.45) is 0 Å². The Morgan fingerprint density at radius 1 is 0.963 bits per heavy atom. The summed E-state index contributed by atoms with van der Waals surface area (Å²) in [5.74, 6) is 1.06. The van der Waals surface area contributed by atoms with Crippen molar-refractivity contribution in [3.05, 3.63) is 71.5 Å². The molecule has 1 aromatic heterocycles. The molecule has 0 atom stereocenters. The SMILES string of the molecule is COc1ccc(OC)c(Nc2cncc(C(=O)Nc3ccc(Cl)cc3)c2)c1. The fourth-order valence-electron chi connectivity index (χ4n) is 2.44. The van der Waals surface area contributed by atoms with Gasteiger partial charge in [0.2, 0.25) is 0 Å². The summed E-state index contributed by atoms with van der Waals surface area (Å²) in [6.45, 7) is 0. The number of anilines is 3. The van der Waals surface area contributed by atoms with Crippen LogP contribution < -0.4 is 20.1 Å². The van der Waals surface area contributed by atoms with Gasteiger partial charge in [-0.2, -0.15) is 0 Å². The van der Waals surface area contributed by atoms with Crippen LogP contribution in [0.15, 0.2) is 60.9 Å². The van der Waals surface area contributed by atoms with Crippen molar-refractivity contribution < 1.29 is 14.3 Å². The molecular formula is C20H18ClN3O3. The number of carbonyl (C=O) groups is 1. The van der Waals surface area contributed by atoms with E-state index in [2.05, 4.69) is 15.6 Å². The molecule has 0 aliphatic rings. The molecule has 0 spiro atoms. The lowest BCUT2D eigenvalue weighted by Gasteiger charge is -2.13. The van der Waals surface area contributed by atoms with E-state index < -0.39 is 0 Å². The molecule has 0 radical (unpaired) electrons. The maximum Gasteiger partial charge on any atom is 0.257 e. The van der Waals surface area contributed by atoms with E-state index in [-0.39, 0.29) is 5.91 Å². The molecule has 6 nitrogen and oxygen atoms in total. The van der Waals surface area contributed by atoms with Crippen LogP contribution in [0.3, 0.4) is 0 Å². The number of hydrogen-bond acceptors (Lipinski definition) is 5. The summed E-state index contributed by atoms with van der Waals surface area (Å²) >= 11 is 5.86. The summed E-state index contributed by atoms with van der Waals surface area (Å²) in [5, 5.41) is 6.61. The highest BCUT2D eigenvalue weighted by atomic mass is 35.5. The molecule has 2 aromatic carbocycles. The number of nitrogens with one attached hydrogen (secondary N) is 2. The van der Waals surface area contributed by atoms with Crippen LogP contribution in [-0.2, 0) is 0 Å². The normalized spacial score (nSPS) is 10.2. The Labute approximate surface area is 162 Å². The summed E-state index contributed by atoms with van der Waals surface area (Å²) < 4.78 is 10.6. The van der Waals surface area contributed by atoms with E-state index in [0.29, 0.717) is 39.1 Å². The van der Waals surface area contributed by atoms with E-state index in [4.69, 9.17) is 21.1 Å². The van der Waals surface area contributed by atoms with Crippen molar-refractivity contribution in [3.8, 4) is 11.5 Å². The lowest BCUT2D eigenvalue weighted by atomic mass is 10.2. The smallest absolute Gasteiger partial charge is 0.257 e. The molecule has 0 saturated carbocycles. The van der Waals surface area contributed by atoms with Gasteiger partial charge in [-0.15, -0.1) is 0 Å². The molecule has 1 heterocycles. The zero-order valence-electron chi connectivity index (χ0n) is 14.8. The Balaban J connectivity index is 1.79. The van der Waals surface area contributed by atoms with Gasteiger partial charge in [0, 0.05) is 23.0 Å². The van der Waals surface area contributed by atoms with Crippen molar-refractivity contribution in [2.75, 3.05) is 24.9 Å². The van der Waals surface area contributed by atoms with Gasteiger partial charge in [-0.05, 0) is 42.5 Å². The van der Waals surface area contributed by atoms with Gasteiger partial charge in [0.15, 0.2) is 0 Å². The Kier molecular flexibility index (Phi) is 5.78. The van der Waals surface area contributed by atoms with Crippen LogP contribution in [-0.4, -0.2) is 25.1 Å². The first-order valence-electron chi connectivity index (χ1n) is 8.10. The van der Waals surface area contributed by atoms with Gasteiger partial charge < -0.3 is 20.1 Å². The number of nitrogens with zero attached hydrogens (tertiary/aromatic N) is 1. The topological polar surface area (TPSA) is 72.5 Å². The number of methoxy groups -OCH3 is 2. The van der Waals surface area contributed by atoms with Gasteiger partial charge >= 0.3 is 0 Å². The van der Waals surface area contributed by atoms with Crippen molar-refractivity contribution in [1.29, 1.82) is 0 Å². The summed E-state index contributed by atoms with van der Waals surface area (Å²) in [7, 11) is 3.18. The highest BCUT2D eigenvalue weighted by Crippen LogP contribution is 2.31. The predicted molar refractivity (Wildman–Crippen MR) is 106 cm³/mol.